The minimum Gasteiger partial charge on any atom is -0.508 e. The molecule has 3 unspecified atom stereocenters. The molecule has 0 fully saturated rings. The third-order valence-corrected chi connectivity index (χ3v) is 6.06. The van der Waals surface area contributed by atoms with Crippen molar-refractivity contribution < 1.29 is 33.8 Å². The quantitative estimate of drug-likeness (QED) is 0.189. The minimum absolute atomic E-state index is 0.0472. The third-order valence-electron chi connectivity index (χ3n) is 6.06. The molecule has 0 bridgehead atoms. The Labute approximate surface area is 260 Å². The van der Waals surface area contributed by atoms with Crippen LogP contribution in [0, 0.1) is 18.4 Å². The average Bonchev–Trinajstić information content (AvgIpc) is 2.88. The summed E-state index contributed by atoms with van der Waals surface area (Å²) < 4.78 is 11.0. The van der Waals surface area contributed by atoms with E-state index in [1.165, 1.54) is 24.3 Å². The monoisotopic (exact) mass is 607 g/mol. The molecule has 0 aliphatic rings. The maximum atomic E-state index is 14.1. The lowest BCUT2D eigenvalue weighted by Crippen LogP contribution is -2.54. The van der Waals surface area contributed by atoms with Crippen molar-refractivity contribution in [2.24, 2.45) is 5.92 Å². The van der Waals surface area contributed by atoms with Gasteiger partial charge in [0, 0.05) is 12.5 Å². The molecule has 0 heterocycles. The topological polar surface area (TPSA) is 134 Å². The highest BCUT2D eigenvalue weighted by molar-refractivity contribution is 5.95. The number of hydrogen-bond donors (Lipinski definition) is 3. The first kappa shape index (κ1) is 35.7. The summed E-state index contributed by atoms with van der Waals surface area (Å²) in [6.07, 6.45) is 5.34. The first-order chi connectivity index (χ1) is 20.4. The van der Waals surface area contributed by atoms with E-state index < -0.39 is 53.2 Å². The van der Waals surface area contributed by atoms with E-state index in [1.807, 2.05) is 44.2 Å². The van der Waals surface area contributed by atoms with Gasteiger partial charge in [-0.15, -0.1) is 0 Å². The van der Waals surface area contributed by atoms with Crippen LogP contribution in [0.15, 0.2) is 54.6 Å². The second-order valence-corrected chi connectivity index (χ2v) is 12.9. The minimum atomic E-state index is -1.48. The van der Waals surface area contributed by atoms with Crippen molar-refractivity contribution in [1.29, 1.82) is 0 Å². The summed E-state index contributed by atoms with van der Waals surface area (Å²) in [5.41, 5.74) is -0.696. The van der Waals surface area contributed by atoms with Gasteiger partial charge in [-0.25, -0.2) is 9.59 Å². The van der Waals surface area contributed by atoms with Crippen molar-refractivity contribution in [3.05, 3.63) is 65.7 Å². The Morgan fingerprint density at radius 3 is 2.02 bits per heavy atom. The van der Waals surface area contributed by atoms with Gasteiger partial charge in [0.2, 0.25) is 5.91 Å². The van der Waals surface area contributed by atoms with E-state index in [9.17, 15) is 24.3 Å². The van der Waals surface area contributed by atoms with E-state index in [4.69, 9.17) is 15.9 Å². The number of carbonyl (C=O) groups excluding carboxylic acids is 4. The largest absolute Gasteiger partial charge is 0.508 e. The van der Waals surface area contributed by atoms with Crippen molar-refractivity contribution >= 4 is 23.9 Å². The first-order valence-corrected chi connectivity index (χ1v) is 14.5. The number of esters is 1. The third kappa shape index (κ3) is 11.6. The number of carbonyl (C=O) groups is 4. The summed E-state index contributed by atoms with van der Waals surface area (Å²) >= 11 is 0. The molecule has 0 aliphatic heterocycles. The Kier molecular flexibility index (Phi) is 12.4. The van der Waals surface area contributed by atoms with Gasteiger partial charge in [-0.3, -0.25) is 14.5 Å². The van der Waals surface area contributed by atoms with E-state index in [1.54, 1.807) is 41.5 Å². The van der Waals surface area contributed by atoms with Gasteiger partial charge in [0.15, 0.2) is 0 Å². The normalized spacial score (nSPS) is 13.5. The van der Waals surface area contributed by atoms with Crippen LogP contribution in [0.25, 0.3) is 0 Å². The fraction of sp³-hybridized carbons (Fsp3) is 0.471. The van der Waals surface area contributed by atoms with Gasteiger partial charge < -0.3 is 25.2 Å². The molecule has 2 rings (SSSR count). The van der Waals surface area contributed by atoms with Crippen LogP contribution in [0.4, 0.5) is 4.79 Å². The Balaban J connectivity index is 2.54. The SMILES string of the molecule is C#CN(C(=O)C(CC(C)C)NC(=O)OC(C)(C)C)C(C(=O)NC(Cc1ccccc1)C(=O)OC(C)(C)C)c1cccc(O)c1. The Morgan fingerprint density at radius 2 is 1.50 bits per heavy atom. The fourth-order valence-corrected chi connectivity index (χ4v) is 4.36. The van der Waals surface area contributed by atoms with Crippen LogP contribution in [0.3, 0.4) is 0 Å². The number of benzene rings is 2. The highest BCUT2D eigenvalue weighted by atomic mass is 16.6. The van der Waals surface area contributed by atoms with Gasteiger partial charge in [-0.2, -0.15) is 0 Å². The number of ether oxygens (including phenoxy) is 2. The number of alkyl carbamates (subject to hydrolysis) is 1. The van der Waals surface area contributed by atoms with Gasteiger partial charge in [0.1, 0.15) is 35.1 Å². The van der Waals surface area contributed by atoms with Gasteiger partial charge in [0.25, 0.3) is 5.91 Å². The maximum Gasteiger partial charge on any atom is 0.408 e. The number of nitrogens with one attached hydrogen (secondary N) is 2. The first-order valence-electron chi connectivity index (χ1n) is 14.5. The molecular weight excluding hydrogens is 562 g/mol. The zero-order chi connectivity index (χ0) is 33.2. The van der Waals surface area contributed by atoms with E-state index >= 15 is 0 Å². The Morgan fingerprint density at radius 1 is 0.886 bits per heavy atom. The predicted octanol–water partition coefficient (Wildman–Crippen LogP) is 4.86. The predicted molar refractivity (Wildman–Crippen MR) is 167 cm³/mol. The summed E-state index contributed by atoms with van der Waals surface area (Å²) in [6, 6.07) is 13.4. The summed E-state index contributed by atoms with van der Waals surface area (Å²) in [5, 5.41) is 15.6. The van der Waals surface area contributed by atoms with Crippen molar-refractivity contribution in [2.75, 3.05) is 0 Å². The molecule has 3 atom stereocenters. The molecule has 0 aliphatic carbocycles. The molecule has 0 aromatic heterocycles. The zero-order valence-corrected chi connectivity index (χ0v) is 26.8. The van der Waals surface area contributed by atoms with Crippen LogP contribution in [0.2, 0.25) is 0 Å². The molecule has 44 heavy (non-hydrogen) atoms. The summed E-state index contributed by atoms with van der Waals surface area (Å²) in [7, 11) is 0. The lowest BCUT2D eigenvalue weighted by atomic mass is 9.99. The molecule has 3 amide bonds. The van der Waals surface area contributed by atoms with Crippen molar-refractivity contribution in [1.82, 2.24) is 15.5 Å². The van der Waals surface area contributed by atoms with Crippen LogP contribution in [-0.2, 0) is 30.3 Å². The van der Waals surface area contributed by atoms with E-state index in [-0.39, 0.29) is 30.1 Å². The van der Waals surface area contributed by atoms with Gasteiger partial charge in [-0.1, -0.05) is 62.7 Å². The Bertz CT molecular complexity index is 1340. The molecule has 0 saturated carbocycles. The van der Waals surface area contributed by atoms with Crippen LogP contribution in [0.5, 0.6) is 5.75 Å². The molecule has 0 radical (unpaired) electrons. The van der Waals surface area contributed by atoms with Crippen LogP contribution in [-0.4, -0.2) is 57.2 Å². The molecule has 10 heteroatoms. The summed E-state index contributed by atoms with van der Waals surface area (Å²) in [6.45, 7) is 14.0. The number of rotatable bonds is 11. The fourth-order valence-electron chi connectivity index (χ4n) is 4.36. The molecule has 0 saturated heterocycles. The van der Waals surface area contributed by atoms with Gasteiger partial charge in [0.05, 0.1) is 0 Å². The van der Waals surface area contributed by atoms with Crippen LogP contribution < -0.4 is 10.6 Å². The highest BCUT2D eigenvalue weighted by Crippen LogP contribution is 2.26. The number of terminal acetylenes is 1. The zero-order valence-electron chi connectivity index (χ0n) is 26.8. The molecule has 238 valence electrons. The van der Waals surface area contributed by atoms with Gasteiger partial charge in [-0.05, 0) is 77.1 Å². The van der Waals surface area contributed by atoms with E-state index in [0.717, 1.165) is 10.5 Å². The highest BCUT2D eigenvalue weighted by Gasteiger charge is 2.38. The van der Waals surface area contributed by atoms with Crippen molar-refractivity contribution in [3.8, 4) is 18.2 Å². The lowest BCUT2D eigenvalue weighted by Gasteiger charge is -2.32. The average molecular weight is 608 g/mol. The Hall–Kier alpha value is -4.52. The molecule has 10 nitrogen and oxygen atoms in total. The van der Waals surface area contributed by atoms with Crippen molar-refractivity contribution in [2.45, 2.75) is 97.6 Å². The summed E-state index contributed by atoms with van der Waals surface area (Å²) in [4.78, 5) is 54.9. The number of phenolic OH excluding ortho intramolecular Hbond substituents is 1. The van der Waals surface area contributed by atoms with Gasteiger partial charge >= 0.3 is 12.1 Å². The number of nitrogens with zero attached hydrogens (tertiary/aromatic N) is 1. The molecule has 2 aromatic rings. The number of amides is 3. The smallest absolute Gasteiger partial charge is 0.408 e. The number of phenols is 1. The van der Waals surface area contributed by atoms with Crippen molar-refractivity contribution in [3.63, 3.8) is 0 Å². The maximum absolute atomic E-state index is 14.1. The number of hydrogen-bond acceptors (Lipinski definition) is 7. The molecule has 2 aromatic carbocycles. The summed E-state index contributed by atoms with van der Waals surface area (Å²) in [5.74, 6) is -2.41. The standard InChI is InChI=1S/C34H45N3O7/c1-10-37(30(40)26(19-22(2)3)36-32(42)44-34(7,8)9)28(24-17-14-18-25(38)21-24)29(39)35-27(31(41)43-33(4,5)6)20-23-15-12-11-13-16-23/h1,11-18,21-22,26-28,38H,19-20H2,2-9H3,(H,35,39)(H,36,42). The number of aromatic hydroxyl groups is 1. The lowest BCUT2D eigenvalue weighted by molar-refractivity contribution is -0.159. The van der Waals surface area contributed by atoms with Crippen LogP contribution >= 0.6 is 0 Å². The molecular formula is C34H45N3O7. The second kappa shape index (κ2) is 15.3. The molecule has 0 spiro atoms. The van der Waals surface area contributed by atoms with E-state index in [0.29, 0.717) is 0 Å². The van der Waals surface area contributed by atoms with Crippen LogP contribution in [0.1, 0.15) is 79.0 Å². The molecule has 3 N–H and O–H groups in total. The second-order valence-electron chi connectivity index (χ2n) is 12.9. The van der Waals surface area contributed by atoms with E-state index in [2.05, 4.69) is 16.7 Å².